The van der Waals surface area contributed by atoms with Crippen LogP contribution in [0.25, 0.3) is 21.6 Å². The number of nitrogens with zero attached hydrogens (tertiary/aromatic N) is 5. The van der Waals surface area contributed by atoms with Crippen LogP contribution in [0.15, 0.2) is 96.5 Å². The molecule has 2 aliphatic heterocycles. The molecule has 0 bridgehead atoms. The number of benzene rings is 4. The highest BCUT2D eigenvalue weighted by molar-refractivity contribution is 7.81. The predicted octanol–water partition coefficient (Wildman–Crippen LogP) is 8.45. The van der Waals surface area contributed by atoms with Crippen molar-refractivity contribution >= 4 is 69.6 Å². The Bertz CT molecular complexity index is 2990. The number of thiazole rings is 1. The Morgan fingerprint density at radius 1 is 0.934 bits per heavy atom. The van der Waals surface area contributed by atoms with Crippen LogP contribution in [0.2, 0.25) is 0 Å². The maximum atomic E-state index is 14.1. The first-order chi connectivity index (χ1) is 36.0. The first-order valence-electron chi connectivity index (χ1n) is 24.5. The van der Waals surface area contributed by atoms with Crippen molar-refractivity contribution in [1.29, 1.82) is 5.26 Å². The van der Waals surface area contributed by atoms with Crippen molar-refractivity contribution in [2.45, 2.75) is 97.3 Å². The molecule has 0 aliphatic carbocycles. The molecular weight excluding hydrogens is 1020 g/mol. The van der Waals surface area contributed by atoms with Crippen LogP contribution in [0.5, 0.6) is 5.75 Å². The second kappa shape index (κ2) is 23.7. The molecule has 400 valence electrons. The summed E-state index contributed by atoms with van der Waals surface area (Å²) in [5, 5.41) is 25.5. The molecule has 76 heavy (non-hydrogen) atoms. The predicted molar refractivity (Wildman–Crippen MR) is 283 cm³/mol. The summed E-state index contributed by atoms with van der Waals surface area (Å²) in [5.74, 6) is -1.84. The minimum Gasteiger partial charge on any atom is -0.494 e. The Hall–Kier alpha value is -7.25. The van der Waals surface area contributed by atoms with Gasteiger partial charge in [0, 0.05) is 31.8 Å². The molecule has 3 atom stereocenters. The number of amides is 4. The summed E-state index contributed by atoms with van der Waals surface area (Å²) in [6.07, 6.45) is -4.51. The van der Waals surface area contributed by atoms with Gasteiger partial charge in [-0.05, 0) is 116 Å². The molecule has 3 N–H and O–H groups in total. The molecule has 3 heterocycles. The molecule has 4 amide bonds. The summed E-state index contributed by atoms with van der Waals surface area (Å²) in [7, 11) is 0. The molecule has 0 radical (unpaired) electrons. The highest BCUT2D eigenvalue weighted by atomic mass is 32.1. The summed E-state index contributed by atoms with van der Waals surface area (Å²) in [6.45, 7) is 11.0. The van der Waals surface area contributed by atoms with E-state index in [0.29, 0.717) is 35.8 Å². The topological polar surface area (TPSA) is 204 Å². The zero-order valence-electron chi connectivity index (χ0n) is 42.7. The number of aliphatic hydroxyl groups excluding tert-OH is 1. The number of hydrogen-bond donors (Lipinski definition) is 3. The molecule has 0 saturated carbocycles. The van der Waals surface area contributed by atoms with Gasteiger partial charge in [0.2, 0.25) is 17.7 Å². The summed E-state index contributed by atoms with van der Waals surface area (Å²) >= 11 is 6.98. The fraction of sp³-hybridized carbons (Fsp3) is 0.382. The Kier molecular flexibility index (Phi) is 17.6. The minimum atomic E-state index is -4.81. The summed E-state index contributed by atoms with van der Waals surface area (Å²) < 4.78 is 58.0. The van der Waals surface area contributed by atoms with Gasteiger partial charge in [-0.3, -0.25) is 24.1 Å². The molecule has 0 spiro atoms. The number of anilines is 2. The van der Waals surface area contributed by atoms with Gasteiger partial charge in [-0.25, -0.2) is 9.78 Å². The van der Waals surface area contributed by atoms with Crippen LogP contribution in [-0.2, 0) is 41.4 Å². The van der Waals surface area contributed by atoms with Crippen LogP contribution < -0.4 is 25.2 Å². The SMILES string of the molecule is CCOC(=O)c1ncsc1-c1ccc(CNC(=O)[C@@H]2C[C@@H](O)CN2C(=O)C(NC(=O)COCCCCOc2ccc(-c3ccc(N4C(=S)N(c5ccc(C#N)c(C(F)(F)F)c5)C(=O)C4(C)C)cc3)cc2)C(C)(C)C)cc1. The van der Waals surface area contributed by atoms with Crippen molar-refractivity contribution in [3.63, 3.8) is 0 Å². The van der Waals surface area contributed by atoms with Crippen molar-refractivity contribution in [3.05, 3.63) is 119 Å². The van der Waals surface area contributed by atoms with Crippen LogP contribution in [0.3, 0.4) is 0 Å². The Morgan fingerprint density at radius 3 is 2.20 bits per heavy atom. The molecule has 7 rings (SSSR count). The molecule has 2 saturated heterocycles. The number of alkyl halides is 3. The number of likely N-dealkylation sites (tertiary alicyclic amines) is 1. The van der Waals surface area contributed by atoms with E-state index in [4.69, 9.17) is 26.4 Å². The number of unbranched alkanes of at least 4 members (excludes halogenated alkanes) is 1. The van der Waals surface area contributed by atoms with Crippen LogP contribution >= 0.6 is 23.6 Å². The van der Waals surface area contributed by atoms with E-state index < -0.39 is 76.0 Å². The average molecular weight is 1080 g/mol. The minimum absolute atomic E-state index is 0.00306. The zero-order chi connectivity index (χ0) is 55.1. The highest BCUT2D eigenvalue weighted by Crippen LogP contribution is 2.40. The van der Waals surface area contributed by atoms with Gasteiger partial charge in [0.05, 0.1) is 52.6 Å². The van der Waals surface area contributed by atoms with Gasteiger partial charge in [0.25, 0.3) is 5.91 Å². The van der Waals surface area contributed by atoms with Gasteiger partial charge >= 0.3 is 12.1 Å². The number of aromatic nitrogens is 1. The lowest BCUT2D eigenvalue weighted by molar-refractivity contribution is -0.144. The lowest BCUT2D eigenvalue weighted by atomic mass is 9.85. The summed E-state index contributed by atoms with van der Waals surface area (Å²) in [6, 6.07) is 24.6. The molecule has 5 aromatic rings. The first kappa shape index (κ1) is 56.5. The average Bonchev–Trinajstić information content (AvgIpc) is 4.08. The normalized spacial score (nSPS) is 16.8. The Labute approximate surface area is 447 Å². The molecule has 21 heteroatoms. The largest absolute Gasteiger partial charge is 0.494 e. The van der Waals surface area contributed by atoms with Crippen molar-refractivity contribution in [2.75, 3.05) is 42.8 Å². The third kappa shape index (κ3) is 12.9. The van der Waals surface area contributed by atoms with E-state index in [-0.39, 0.29) is 55.8 Å². The van der Waals surface area contributed by atoms with E-state index in [1.54, 1.807) is 70.2 Å². The maximum Gasteiger partial charge on any atom is 0.417 e. The number of ether oxygens (including phenoxy) is 3. The first-order valence-corrected chi connectivity index (χ1v) is 25.8. The van der Waals surface area contributed by atoms with E-state index in [2.05, 4.69) is 15.6 Å². The van der Waals surface area contributed by atoms with Crippen LogP contribution in [0.4, 0.5) is 24.5 Å². The van der Waals surface area contributed by atoms with E-state index in [1.807, 2.05) is 60.7 Å². The van der Waals surface area contributed by atoms with Gasteiger partial charge in [0.15, 0.2) is 10.8 Å². The number of carbonyl (C=O) groups is 5. The van der Waals surface area contributed by atoms with Gasteiger partial charge in [-0.2, -0.15) is 18.4 Å². The lowest BCUT2D eigenvalue weighted by Gasteiger charge is -2.35. The molecule has 4 aromatic carbocycles. The summed E-state index contributed by atoms with van der Waals surface area (Å²) in [4.78, 5) is 75.5. The highest BCUT2D eigenvalue weighted by Gasteiger charge is 2.51. The molecule has 1 aromatic heterocycles. The van der Waals surface area contributed by atoms with Gasteiger partial charge < -0.3 is 39.8 Å². The molecular formula is C55H58F3N7O9S2. The van der Waals surface area contributed by atoms with Crippen molar-refractivity contribution in [1.82, 2.24) is 20.5 Å². The van der Waals surface area contributed by atoms with Gasteiger partial charge in [0.1, 0.15) is 30.0 Å². The lowest BCUT2D eigenvalue weighted by Crippen LogP contribution is -2.58. The second-order valence-electron chi connectivity index (χ2n) is 19.8. The van der Waals surface area contributed by atoms with Gasteiger partial charge in [-0.15, -0.1) is 11.3 Å². The number of carbonyl (C=O) groups excluding carboxylic acids is 5. The van der Waals surface area contributed by atoms with E-state index >= 15 is 0 Å². The number of aliphatic hydroxyl groups is 1. The maximum absolute atomic E-state index is 14.1. The van der Waals surface area contributed by atoms with E-state index in [9.17, 15) is 47.5 Å². The number of rotatable bonds is 19. The van der Waals surface area contributed by atoms with Crippen molar-refractivity contribution in [3.8, 4) is 33.4 Å². The van der Waals surface area contributed by atoms with E-state index in [1.165, 1.54) is 22.3 Å². The number of nitrogens with one attached hydrogen (secondary N) is 2. The standard InChI is InChI=1S/C55H58F3N7O9S2/c1-7-73-50(70)45-46(76-32-61-45)36-12-10-33(11-13-36)29-60-48(68)43-27-40(66)30-63(43)49(69)47(53(2,3)4)62-44(67)31-72-24-8-9-25-74-41-22-17-35(18-23-41)34-14-19-38(20-15-34)65-52(75)64(51(71)54(65,5)6)39-21-16-37(28-59)42(26-39)55(56,57)58/h10-23,26,32,40,43,47,66H,7-9,24-25,27,29-31H2,1-6H3,(H,60,68)(H,62,67)/t40-,43+,47?/m1/s1. The molecule has 2 aliphatic rings. The number of esters is 1. The van der Waals surface area contributed by atoms with Crippen LogP contribution in [0, 0.1) is 16.7 Å². The van der Waals surface area contributed by atoms with Crippen LogP contribution in [-0.4, -0.2) is 106 Å². The quantitative estimate of drug-likeness (QED) is 0.0404. The van der Waals surface area contributed by atoms with E-state index in [0.717, 1.165) is 39.3 Å². The Morgan fingerprint density at radius 2 is 1.57 bits per heavy atom. The Balaban J connectivity index is 0.840. The number of thiocarbonyl (C=S) groups is 1. The third-order valence-electron chi connectivity index (χ3n) is 12.9. The monoisotopic (exact) mass is 1080 g/mol. The van der Waals surface area contributed by atoms with Crippen molar-refractivity contribution < 1.29 is 56.5 Å². The fourth-order valence-electron chi connectivity index (χ4n) is 8.87. The molecule has 1 unspecified atom stereocenters. The smallest absolute Gasteiger partial charge is 0.417 e. The third-order valence-corrected chi connectivity index (χ3v) is 14.1. The summed E-state index contributed by atoms with van der Waals surface area (Å²) in [5.41, 5.74) is 1.83. The number of hydrogen-bond acceptors (Lipinski definition) is 13. The number of β-amino-alcohol motifs (C(OH)–C–C–N with tert-alkyl or cyclic N) is 1. The molecule has 16 nitrogen and oxygen atoms in total. The molecule has 2 fully saturated rings. The zero-order valence-corrected chi connectivity index (χ0v) is 44.4. The second-order valence-corrected chi connectivity index (χ2v) is 21.0. The van der Waals surface area contributed by atoms with Gasteiger partial charge in [-0.1, -0.05) is 69.3 Å². The number of halogens is 3. The van der Waals surface area contributed by atoms with Crippen LogP contribution in [0.1, 0.15) is 88.0 Å². The van der Waals surface area contributed by atoms with Crippen molar-refractivity contribution in [2.24, 2.45) is 5.41 Å². The number of nitriles is 1. The fourth-order valence-corrected chi connectivity index (χ4v) is 10.2.